The van der Waals surface area contributed by atoms with Gasteiger partial charge in [0, 0.05) is 30.4 Å². The van der Waals surface area contributed by atoms with Crippen LogP contribution >= 0.6 is 0 Å². The van der Waals surface area contributed by atoms with Crippen molar-refractivity contribution in [1.82, 2.24) is 14.4 Å². The number of aryl methyl sites for hydroxylation is 1. The van der Waals surface area contributed by atoms with Gasteiger partial charge in [0.1, 0.15) is 17.2 Å². The third kappa shape index (κ3) is 1.94. The van der Waals surface area contributed by atoms with Gasteiger partial charge in [-0.1, -0.05) is 24.1 Å². The first-order chi connectivity index (χ1) is 11.7. The van der Waals surface area contributed by atoms with Gasteiger partial charge in [0.2, 0.25) is 0 Å². The number of anilines is 2. The number of nitrogens with zero attached hydrogens (tertiary/aromatic N) is 3. The highest BCUT2D eigenvalue weighted by atomic mass is 15.1. The van der Waals surface area contributed by atoms with Crippen LogP contribution in [0.25, 0.3) is 5.52 Å². The van der Waals surface area contributed by atoms with Crippen LogP contribution in [0.15, 0.2) is 30.6 Å². The number of hydrogen-bond donors (Lipinski definition) is 2. The normalized spacial score (nSPS) is 20.0. The molecule has 3 N–H and O–H groups in total. The molecule has 2 aliphatic rings. The summed E-state index contributed by atoms with van der Waals surface area (Å²) in [7, 11) is 0. The first-order valence-corrected chi connectivity index (χ1v) is 8.69. The number of rotatable bonds is 2. The van der Waals surface area contributed by atoms with Gasteiger partial charge in [0.05, 0.1) is 11.7 Å². The van der Waals surface area contributed by atoms with Crippen molar-refractivity contribution in [2.45, 2.75) is 44.6 Å². The highest BCUT2D eigenvalue weighted by Gasteiger charge is 2.31. The van der Waals surface area contributed by atoms with Crippen molar-refractivity contribution >= 4 is 17.0 Å². The number of nitrogen functional groups attached to an aromatic ring is 1. The fourth-order valence-corrected chi connectivity index (χ4v) is 3.97. The van der Waals surface area contributed by atoms with Gasteiger partial charge in [-0.15, -0.1) is 0 Å². The maximum atomic E-state index is 6.23. The van der Waals surface area contributed by atoms with Crippen molar-refractivity contribution in [1.29, 1.82) is 0 Å². The third-order valence-corrected chi connectivity index (χ3v) is 5.45. The van der Waals surface area contributed by atoms with Crippen LogP contribution in [0.5, 0.6) is 0 Å². The first-order valence-electron chi connectivity index (χ1n) is 8.69. The standard InChI is InChI=1S/C19H21N5/c1-11-5-6-14-13(9-11)10-15(22-14)16-17-18(20)21-7-8-24(17)19(23-16)12-3-2-4-12/h5-9,12,15,22H,2-4,10H2,1H3,(H2,20,21). The maximum absolute atomic E-state index is 6.23. The Bertz CT molecular complexity index is 938. The molecule has 1 aliphatic heterocycles. The van der Waals surface area contributed by atoms with E-state index in [1.54, 1.807) is 6.20 Å². The summed E-state index contributed by atoms with van der Waals surface area (Å²) in [6.45, 7) is 2.14. The van der Waals surface area contributed by atoms with E-state index in [1.807, 2.05) is 6.20 Å². The number of imidazole rings is 1. The lowest BCUT2D eigenvalue weighted by Crippen LogP contribution is -2.13. The molecule has 5 nitrogen and oxygen atoms in total. The van der Waals surface area contributed by atoms with Crippen molar-refractivity contribution in [3.63, 3.8) is 0 Å². The second kappa shape index (κ2) is 4.97. The van der Waals surface area contributed by atoms with E-state index in [0.29, 0.717) is 11.7 Å². The zero-order valence-corrected chi connectivity index (χ0v) is 13.8. The molecule has 122 valence electrons. The summed E-state index contributed by atoms with van der Waals surface area (Å²) in [5.74, 6) is 2.27. The minimum absolute atomic E-state index is 0.164. The van der Waals surface area contributed by atoms with Crippen LogP contribution in [0.3, 0.4) is 0 Å². The van der Waals surface area contributed by atoms with Crippen LogP contribution in [0.2, 0.25) is 0 Å². The van der Waals surface area contributed by atoms with E-state index in [0.717, 1.165) is 23.5 Å². The smallest absolute Gasteiger partial charge is 0.149 e. The zero-order valence-electron chi connectivity index (χ0n) is 13.8. The number of nitrogens with one attached hydrogen (secondary N) is 1. The highest BCUT2D eigenvalue weighted by molar-refractivity contribution is 5.72. The predicted molar refractivity (Wildman–Crippen MR) is 95.2 cm³/mol. The molecule has 3 heterocycles. The van der Waals surface area contributed by atoms with Gasteiger partial charge in [-0.25, -0.2) is 9.97 Å². The molecule has 0 saturated heterocycles. The fourth-order valence-electron chi connectivity index (χ4n) is 3.97. The van der Waals surface area contributed by atoms with Crippen LogP contribution in [0, 0.1) is 6.92 Å². The molecule has 1 fully saturated rings. The number of nitrogens with two attached hydrogens (primary N) is 1. The van der Waals surface area contributed by atoms with Crippen LogP contribution in [0.4, 0.5) is 11.5 Å². The molecule has 1 unspecified atom stereocenters. The summed E-state index contributed by atoms with van der Waals surface area (Å²) in [4.78, 5) is 9.35. The molecule has 1 aliphatic carbocycles. The van der Waals surface area contributed by atoms with Crippen LogP contribution in [-0.4, -0.2) is 14.4 Å². The molecule has 0 radical (unpaired) electrons. The lowest BCUT2D eigenvalue weighted by atomic mass is 9.85. The SMILES string of the molecule is Cc1ccc2c(c1)CC(c1nc(C3CCC3)n3ccnc(N)c13)N2. The van der Waals surface area contributed by atoms with Crippen molar-refractivity contribution in [2.24, 2.45) is 0 Å². The Morgan fingerprint density at radius 2 is 2.17 bits per heavy atom. The molecule has 5 heteroatoms. The van der Waals surface area contributed by atoms with Gasteiger partial charge in [0.25, 0.3) is 0 Å². The summed E-state index contributed by atoms with van der Waals surface area (Å²) in [5.41, 5.74) is 12.1. The molecule has 0 spiro atoms. The van der Waals surface area contributed by atoms with E-state index in [2.05, 4.69) is 39.8 Å². The summed E-state index contributed by atoms with van der Waals surface area (Å²) in [6.07, 6.45) is 8.46. The van der Waals surface area contributed by atoms with E-state index in [-0.39, 0.29) is 6.04 Å². The van der Waals surface area contributed by atoms with Gasteiger partial charge in [-0.3, -0.25) is 4.40 Å². The Morgan fingerprint density at radius 3 is 2.96 bits per heavy atom. The summed E-state index contributed by atoms with van der Waals surface area (Å²) >= 11 is 0. The average molecular weight is 319 g/mol. The number of aromatic nitrogens is 3. The molecular weight excluding hydrogens is 298 g/mol. The zero-order chi connectivity index (χ0) is 16.3. The topological polar surface area (TPSA) is 68.2 Å². The minimum Gasteiger partial charge on any atom is -0.382 e. The molecule has 2 aromatic heterocycles. The highest BCUT2D eigenvalue weighted by Crippen LogP contribution is 2.41. The molecule has 0 bridgehead atoms. The quantitative estimate of drug-likeness (QED) is 0.757. The molecule has 0 amide bonds. The van der Waals surface area contributed by atoms with Gasteiger partial charge < -0.3 is 11.1 Å². The van der Waals surface area contributed by atoms with Crippen molar-refractivity contribution in [3.8, 4) is 0 Å². The maximum Gasteiger partial charge on any atom is 0.149 e. The van der Waals surface area contributed by atoms with E-state index in [4.69, 9.17) is 10.7 Å². The van der Waals surface area contributed by atoms with E-state index in [9.17, 15) is 0 Å². The molecule has 5 rings (SSSR count). The summed E-state index contributed by atoms with van der Waals surface area (Å²) in [5, 5.41) is 3.63. The molecule has 24 heavy (non-hydrogen) atoms. The third-order valence-electron chi connectivity index (χ3n) is 5.45. The average Bonchev–Trinajstić information content (AvgIpc) is 3.08. The lowest BCUT2D eigenvalue weighted by molar-refractivity contribution is 0.399. The van der Waals surface area contributed by atoms with Gasteiger partial charge >= 0.3 is 0 Å². The van der Waals surface area contributed by atoms with E-state index < -0.39 is 0 Å². The molecule has 1 aromatic carbocycles. The Labute approximate surface area is 140 Å². The number of benzene rings is 1. The Balaban J connectivity index is 1.63. The van der Waals surface area contributed by atoms with E-state index >= 15 is 0 Å². The Morgan fingerprint density at radius 1 is 1.29 bits per heavy atom. The Hall–Kier alpha value is -2.56. The lowest BCUT2D eigenvalue weighted by Gasteiger charge is -2.23. The molecule has 3 aromatic rings. The van der Waals surface area contributed by atoms with Crippen LogP contribution < -0.4 is 11.1 Å². The van der Waals surface area contributed by atoms with Crippen LogP contribution in [0.1, 0.15) is 53.9 Å². The van der Waals surface area contributed by atoms with Gasteiger partial charge in [-0.05, 0) is 31.4 Å². The van der Waals surface area contributed by atoms with Crippen molar-refractivity contribution in [2.75, 3.05) is 11.1 Å². The van der Waals surface area contributed by atoms with Crippen molar-refractivity contribution in [3.05, 3.63) is 53.2 Å². The first kappa shape index (κ1) is 13.8. The molecular formula is C19H21N5. The predicted octanol–water partition coefficient (Wildman–Crippen LogP) is 3.60. The van der Waals surface area contributed by atoms with Gasteiger partial charge in [-0.2, -0.15) is 0 Å². The number of fused-ring (bicyclic) bond motifs is 2. The fraction of sp³-hybridized carbons (Fsp3) is 0.368. The molecule has 1 saturated carbocycles. The van der Waals surface area contributed by atoms with Crippen molar-refractivity contribution < 1.29 is 0 Å². The van der Waals surface area contributed by atoms with Crippen LogP contribution in [-0.2, 0) is 6.42 Å². The van der Waals surface area contributed by atoms with E-state index in [1.165, 1.54) is 36.1 Å². The second-order valence-electron chi connectivity index (χ2n) is 7.08. The monoisotopic (exact) mass is 319 g/mol. The number of hydrogen-bond acceptors (Lipinski definition) is 4. The molecule has 1 atom stereocenters. The largest absolute Gasteiger partial charge is 0.382 e. The summed E-state index contributed by atoms with van der Waals surface area (Å²) in [6, 6.07) is 6.74. The van der Waals surface area contributed by atoms with Gasteiger partial charge in [0.15, 0.2) is 0 Å². The Kier molecular flexibility index (Phi) is 2.86. The minimum atomic E-state index is 0.164. The summed E-state index contributed by atoms with van der Waals surface area (Å²) < 4.78 is 2.16. The second-order valence-corrected chi connectivity index (χ2v) is 7.08.